The van der Waals surface area contributed by atoms with E-state index in [0.29, 0.717) is 12.0 Å². The molecule has 1 aliphatic heterocycles. The van der Waals surface area contributed by atoms with Crippen molar-refractivity contribution in [2.24, 2.45) is 20.0 Å². The molecular formula is C16H26N6. The van der Waals surface area contributed by atoms with Gasteiger partial charge in [-0.3, -0.25) is 9.58 Å². The molecule has 1 fully saturated rings. The van der Waals surface area contributed by atoms with Crippen LogP contribution in [0.25, 0.3) is 0 Å². The normalized spacial score (nSPS) is 23.0. The highest BCUT2D eigenvalue weighted by atomic mass is 15.3. The lowest BCUT2D eigenvalue weighted by Gasteiger charge is -2.39. The molecule has 1 aliphatic rings. The second kappa shape index (κ2) is 6.62. The first-order valence-corrected chi connectivity index (χ1v) is 8.01. The summed E-state index contributed by atoms with van der Waals surface area (Å²) in [6.45, 7) is 3.00. The number of likely N-dealkylation sites (tertiary alicyclic amines) is 1. The summed E-state index contributed by atoms with van der Waals surface area (Å²) in [4.78, 5) is 6.77. The maximum Gasteiger partial charge on any atom is 0.0946 e. The quantitative estimate of drug-likeness (QED) is 0.905. The molecule has 1 saturated heterocycles. The minimum atomic E-state index is 0.442. The van der Waals surface area contributed by atoms with Crippen LogP contribution in [0.2, 0.25) is 0 Å². The molecule has 2 aromatic heterocycles. The molecule has 0 spiro atoms. The van der Waals surface area contributed by atoms with Crippen LogP contribution in [-0.4, -0.2) is 44.4 Å². The van der Waals surface area contributed by atoms with Crippen LogP contribution in [0.15, 0.2) is 24.8 Å². The maximum atomic E-state index is 4.42. The van der Waals surface area contributed by atoms with Gasteiger partial charge in [0.25, 0.3) is 0 Å². The number of hydrogen-bond donors (Lipinski definition) is 1. The number of imidazole rings is 1. The minimum absolute atomic E-state index is 0.442. The summed E-state index contributed by atoms with van der Waals surface area (Å²) < 4.78 is 4.00. The van der Waals surface area contributed by atoms with Crippen molar-refractivity contribution in [2.75, 3.05) is 20.1 Å². The first-order chi connectivity index (χ1) is 10.6. The third kappa shape index (κ3) is 3.23. The third-order valence-electron chi connectivity index (χ3n) is 4.65. The molecule has 3 heterocycles. The monoisotopic (exact) mass is 302 g/mol. The maximum absolute atomic E-state index is 4.42. The van der Waals surface area contributed by atoms with Gasteiger partial charge in [-0.15, -0.1) is 0 Å². The van der Waals surface area contributed by atoms with Crippen LogP contribution in [0.4, 0.5) is 0 Å². The van der Waals surface area contributed by atoms with E-state index in [1.54, 1.807) is 0 Å². The molecule has 22 heavy (non-hydrogen) atoms. The highest BCUT2D eigenvalue weighted by Crippen LogP contribution is 2.34. The van der Waals surface area contributed by atoms with Gasteiger partial charge in [0, 0.05) is 39.6 Å². The molecule has 2 atom stereocenters. The lowest BCUT2D eigenvalue weighted by Crippen LogP contribution is -2.41. The van der Waals surface area contributed by atoms with Crippen molar-refractivity contribution in [1.29, 1.82) is 0 Å². The number of nitrogens with zero attached hydrogens (tertiary/aromatic N) is 5. The Balaban J connectivity index is 1.63. The smallest absolute Gasteiger partial charge is 0.0946 e. The van der Waals surface area contributed by atoms with Gasteiger partial charge in [-0.05, 0) is 38.4 Å². The number of piperidine rings is 1. The Labute approximate surface area is 132 Å². The predicted molar refractivity (Wildman–Crippen MR) is 86.2 cm³/mol. The summed E-state index contributed by atoms with van der Waals surface area (Å²) in [5, 5.41) is 8.01. The van der Waals surface area contributed by atoms with Gasteiger partial charge in [0.2, 0.25) is 0 Å². The first-order valence-electron chi connectivity index (χ1n) is 8.01. The standard InChI is InChI=1S/C16H26N6/c1-20-7-4-5-13(16(20)15-11-18-12-21(15)2)9-17-10-14-6-8-22(3)19-14/h6,8,11-13,16-17H,4-5,7,9-10H2,1-3H3/t13-,16+/m0/s1. The fourth-order valence-corrected chi connectivity index (χ4v) is 3.54. The molecule has 0 amide bonds. The molecule has 0 aliphatic carbocycles. The average Bonchev–Trinajstić information content (AvgIpc) is 3.08. The van der Waals surface area contributed by atoms with Gasteiger partial charge in [0.05, 0.1) is 23.8 Å². The summed E-state index contributed by atoms with van der Waals surface area (Å²) in [7, 11) is 6.27. The van der Waals surface area contributed by atoms with Gasteiger partial charge in [0.1, 0.15) is 0 Å². The summed E-state index contributed by atoms with van der Waals surface area (Å²) in [6, 6.07) is 2.51. The Kier molecular flexibility index (Phi) is 4.59. The molecule has 6 heteroatoms. The van der Waals surface area contributed by atoms with E-state index in [0.717, 1.165) is 25.3 Å². The predicted octanol–water partition coefficient (Wildman–Crippen LogP) is 1.33. The van der Waals surface area contributed by atoms with Crippen molar-refractivity contribution in [3.8, 4) is 0 Å². The lowest BCUT2D eigenvalue weighted by molar-refractivity contribution is 0.113. The molecule has 1 N–H and O–H groups in total. The van der Waals surface area contributed by atoms with Gasteiger partial charge in [-0.25, -0.2) is 4.98 Å². The number of rotatable bonds is 5. The van der Waals surface area contributed by atoms with Crippen molar-refractivity contribution in [1.82, 2.24) is 29.5 Å². The summed E-state index contributed by atoms with van der Waals surface area (Å²) in [5.74, 6) is 0.609. The van der Waals surface area contributed by atoms with E-state index in [1.807, 2.05) is 30.5 Å². The largest absolute Gasteiger partial charge is 0.336 e. The van der Waals surface area contributed by atoms with E-state index < -0.39 is 0 Å². The van der Waals surface area contributed by atoms with E-state index in [-0.39, 0.29) is 0 Å². The van der Waals surface area contributed by atoms with Gasteiger partial charge < -0.3 is 9.88 Å². The summed E-state index contributed by atoms with van der Waals surface area (Å²) in [6.07, 6.45) is 8.43. The number of nitrogens with one attached hydrogen (secondary N) is 1. The molecule has 3 rings (SSSR count). The molecule has 0 radical (unpaired) electrons. The first kappa shape index (κ1) is 15.2. The van der Waals surface area contributed by atoms with Crippen LogP contribution in [0.1, 0.15) is 30.3 Å². The van der Waals surface area contributed by atoms with Crippen molar-refractivity contribution >= 4 is 0 Å². The van der Waals surface area contributed by atoms with Gasteiger partial charge in [-0.1, -0.05) is 0 Å². The Morgan fingerprint density at radius 1 is 1.32 bits per heavy atom. The van der Waals surface area contributed by atoms with E-state index in [9.17, 15) is 0 Å². The molecule has 0 saturated carbocycles. The highest BCUT2D eigenvalue weighted by molar-refractivity contribution is 5.09. The fourth-order valence-electron chi connectivity index (χ4n) is 3.54. The molecule has 2 aromatic rings. The van der Waals surface area contributed by atoms with E-state index in [1.165, 1.54) is 18.5 Å². The average molecular weight is 302 g/mol. The van der Waals surface area contributed by atoms with Crippen LogP contribution in [0.5, 0.6) is 0 Å². The zero-order valence-electron chi connectivity index (χ0n) is 13.7. The van der Waals surface area contributed by atoms with Gasteiger partial charge in [-0.2, -0.15) is 5.10 Å². The van der Waals surface area contributed by atoms with Crippen LogP contribution in [0, 0.1) is 5.92 Å². The van der Waals surface area contributed by atoms with Crippen molar-refractivity contribution in [3.63, 3.8) is 0 Å². The molecule has 120 valence electrons. The van der Waals surface area contributed by atoms with E-state index in [2.05, 4.69) is 45.0 Å². The number of aromatic nitrogens is 4. The molecule has 6 nitrogen and oxygen atoms in total. The zero-order valence-corrected chi connectivity index (χ0v) is 13.7. The molecule has 0 bridgehead atoms. The van der Waals surface area contributed by atoms with Crippen molar-refractivity contribution in [3.05, 3.63) is 36.2 Å². The van der Waals surface area contributed by atoms with Crippen molar-refractivity contribution in [2.45, 2.75) is 25.4 Å². The number of hydrogen-bond acceptors (Lipinski definition) is 4. The summed E-state index contributed by atoms with van der Waals surface area (Å²) in [5.41, 5.74) is 2.41. The Morgan fingerprint density at radius 3 is 2.86 bits per heavy atom. The fraction of sp³-hybridized carbons (Fsp3) is 0.625. The van der Waals surface area contributed by atoms with Crippen LogP contribution >= 0.6 is 0 Å². The molecular weight excluding hydrogens is 276 g/mol. The third-order valence-corrected chi connectivity index (χ3v) is 4.65. The van der Waals surface area contributed by atoms with Crippen LogP contribution in [-0.2, 0) is 20.6 Å². The van der Waals surface area contributed by atoms with E-state index in [4.69, 9.17) is 0 Å². The Morgan fingerprint density at radius 2 is 2.18 bits per heavy atom. The highest BCUT2D eigenvalue weighted by Gasteiger charge is 2.31. The topological polar surface area (TPSA) is 50.9 Å². The Bertz CT molecular complexity index is 601. The van der Waals surface area contributed by atoms with Crippen molar-refractivity contribution < 1.29 is 0 Å². The van der Waals surface area contributed by atoms with Crippen LogP contribution in [0.3, 0.4) is 0 Å². The molecule has 0 unspecified atom stereocenters. The Hall–Kier alpha value is -1.66. The second-order valence-corrected chi connectivity index (χ2v) is 6.37. The zero-order chi connectivity index (χ0) is 15.5. The van der Waals surface area contributed by atoms with E-state index >= 15 is 0 Å². The SMILES string of the molecule is CN1CCC[C@@H](CNCc2ccn(C)n2)[C@@H]1c1cncn1C. The molecule has 0 aromatic carbocycles. The summed E-state index contributed by atoms with van der Waals surface area (Å²) >= 11 is 0. The van der Waals surface area contributed by atoms with Crippen LogP contribution < -0.4 is 5.32 Å². The number of aryl methyl sites for hydroxylation is 2. The lowest BCUT2D eigenvalue weighted by atomic mass is 9.87. The van der Waals surface area contributed by atoms with Gasteiger partial charge in [0.15, 0.2) is 0 Å². The minimum Gasteiger partial charge on any atom is -0.336 e. The van der Waals surface area contributed by atoms with Gasteiger partial charge >= 0.3 is 0 Å². The second-order valence-electron chi connectivity index (χ2n) is 6.37.